The first-order chi connectivity index (χ1) is 8.60. The van der Waals surface area contributed by atoms with E-state index >= 15 is 0 Å². The maximum Gasteiger partial charge on any atom is 0.132 e. The summed E-state index contributed by atoms with van der Waals surface area (Å²) < 4.78 is 0. The zero-order chi connectivity index (χ0) is 13.8. The Balaban J connectivity index is 3.71. The van der Waals surface area contributed by atoms with Crippen LogP contribution in [0.25, 0.3) is 0 Å². The van der Waals surface area contributed by atoms with E-state index < -0.39 is 0 Å². The summed E-state index contributed by atoms with van der Waals surface area (Å²) in [5, 5.41) is 0. The van der Waals surface area contributed by atoms with Crippen molar-refractivity contribution in [2.75, 3.05) is 0 Å². The second-order valence-electron chi connectivity index (χ2n) is 5.24. The van der Waals surface area contributed by atoms with Gasteiger partial charge in [0.2, 0.25) is 0 Å². The van der Waals surface area contributed by atoms with E-state index in [0.29, 0.717) is 17.6 Å². The van der Waals surface area contributed by atoms with Gasteiger partial charge in [-0.2, -0.15) is 0 Å². The standard InChI is InChI=1S/C17H30O/c1-5-7-9-15(3)11-13-17(18)14-12-16(4)10-8-6-2/h7-10,15-16H,5-6,11-14H2,1-4H3. The monoisotopic (exact) mass is 250 g/mol. The lowest BCUT2D eigenvalue weighted by molar-refractivity contribution is -0.119. The molecule has 0 bridgehead atoms. The van der Waals surface area contributed by atoms with Gasteiger partial charge in [-0.25, -0.2) is 0 Å². The number of hydrogen-bond acceptors (Lipinski definition) is 1. The highest BCUT2D eigenvalue weighted by Gasteiger charge is 2.06. The van der Waals surface area contributed by atoms with Crippen LogP contribution in [-0.2, 0) is 4.79 Å². The van der Waals surface area contributed by atoms with Crippen molar-refractivity contribution in [2.24, 2.45) is 11.8 Å². The molecule has 0 saturated carbocycles. The van der Waals surface area contributed by atoms with Gasteiger partial charge in [0.25, 0.3) is 0 Å². The Morgan fingerprint density at radius 3 is 1.61 bits per heavy atom. The lowest BCUT2D eigenvalue weighted by Gasteiger charge is -2.07. The van der Waals surface area contributed by atoms with Crippen molar-refractivity contribution in [3.63, 3.8) is 0 Å². The minimum absolute atomic E-state index is 0.420. The van der Waals surface area contributed by atoms with E-state index in [2.05, 4.69) is 52.0 Å². The fourth-order valence-electron chi connectivity index (χ4n) is 1.83. The maximum atomic E-state index is 11.8. The smallest absolute Gasteiger partial charge is 0.132 e. The predicted octanol–water partition coefficient (Wildman–Crippen LogP) is 5.32. The molecule has 18 heavy (non-hydrogen) atoms. The molecule has 0 aromatic rings. The highest BCUT2D eigenvalue weighted by Crippen LogP contribution is 2.13. The number of hydrogen-bond donors (Lipinski definition) is 0. The molecule has 1 heteroatoms. The summed E-state index contributed by atoms with van der Waals surface area (Å²) in [6, 6.07) is 0. The Morgan fingerprint density at radius 2 is 1.28 bits per heavy atom. The summed E-state index contributed by atoms with van der Waals surface area (Å²) >= 11 is 0. The molecule has 0 radical (unpaired) electrons. The van der Waals surface area contributed by atoms with E-state index in [-0.39, 0.29) is 0 Å². The normalized spacial score (nSPS) is 15.3. The lowest BCUT2D eigenvalue weighted by atomic mass is 9.97. The van der Waals surface area contributed by atoms with Crippen LogP contribution in [0.2, 0.25) is 0 Å². The molecule has 0 aliphatic heterocycles. The Labute approximate surface area is 113 Å². The number of ketones is 1. The zero-order valence-electron chi connectivity index (χ0n) is 12.6. The molecular weight excluding hydrogens is 220 g/mol. The van der Waals surface area contributed by atoms with Crippen LogP contribution in [0.1, 0.15) is 66.2 Å². The number of rotatable bonds is 10. The van der Waals surface area contributed by atoms with Gasteiger partial charge >= 0.3 is 0 Å². The third kappa shape index (κ3) is 10.3. The van der Waals surface area contributed by atoms with Crippen molar-refractivity contribution in [3.8, 4) is 0 Å². The first kappa shape index (κ1) is 17.2. The van der Waals surface area contributed by atoms with Gasteiger partial charge in [0.15, 0.2) is 0 Å². The van der Waals surface area contributed by atoms with Crippen molar-refractivity contribution in [2.45, 2.75) is 66.2 Å². The molecule has 0 aliphatic rings. The molecule has 2 atom stereocenters. The Hall–Kier alpha value is -0.850. The Bertz CT molecular complexity index is 237. The minimum Gasteiger partial charge on any atom is -0.300 e. The summed E-state index contributed by atoms with van der Waals surface area (Å²) in [4.78, 5) is 11.8. The lowest BCUT2D eigenvalue weighted by Crippen LogP contribution is -2.03. The van der Waals surface area contributed by atoms with Crippen molar-refractivity contribution >= 4 is 5.78 Å². The molecule has 104 valence electrons. The molecule has 0 aliphatic carbocycles. The molecule has 0 amide bonds. The Morgan fingerprint density at radius 1 is 0.889 bits per heavy atom. The summed E-state index contributed by atoms with van der Waals surface area (Å²) in [7, 11) is 0. The second kappa shape index (κ2) is 11.3. The summed E-state index contributed by atoms with van der Waals surface area (Å²) in [5.74, 6) is 1.49. The van der Waals surface area contributed by atoms with Crippen molar-refractivity contribution < 1.29 is 4.79 Å². The SMILES string of the molecule is CCC=CC(C)CCC(=O)CCC(C)C=CCC. The molecule has 0 aromatic carbocycles. The highest BCUT2D eigenvalue weighted by molar-refractivity contribution is 5.78. The molecule has 0 spiro atoms. The molecule has 0 heterocycles. The summed E-state index contributed by atoms with van der Waals surface area (Å²) in [5.41, 5.74) is 0. The number of allylic oxidation sites excluding steroid dienone is 4. The van der Waals surface area contributed by atoms with E-state index in [4.69, 9.17) is 0 Å². The largest absolute Gasteiger partial charge is 0.300 e. The van der Waals surface area contributed by atoms with Crippen LogP contribution in [0.4, 0.5) is 0 Å². The third-order valence-electron chi connectivity index (χ3n) is 3.16. The van der Waals surface area contributed by atoms with E-state index in [1.54, 1.807) is 0 Å². The van der Waals surface area contributed by atoms with Gasteiger partial charge in [0.1, 0.15) is 5.78 Å². The molecule has 0 saturated heterocycles. The predicted molar refractivity (Wildman–Crippen MR) is 80.7 cm³/mol. The topological polar surface area (TPSA) is 17.1 Å². The first-order valence-corrected chi connectivity index (χ1v) is 7.45. The van der Waals surface area contributed by atoms with Gasteiger partial charge in [-0.05, 0) is 37.5 Å². The molecule has 0 aromatic heterocycles. The Kier molecular flexibility index (Phi) is 10.7. The maximum absolute atomic E-state index is 11.8. The van der Waals surface area contributed by atoms with Crippen LogP contribution in [0.5, 0.6) is 0 Å². The second-order valence-corrected chi connectivity index (χ2v) is 5.24. The van der Waals surface area contributed by atoms with Crippen LogP contribution in [0, 0.1) is 11.8 Å². The first-order valence-electron chi connectivity index (χ1n) is 7.45. The van der Waals surface area contributed by atoms with Gasteiger partial charge in [-0.15, -0.1) is 0 Å². The van der Waals surface area contributed by atoms with Crippen LogP contribution in [0.15, 0.2) is 24.3 Å². The van der Waals surface area contributed by atoms with Gasteiger partial charge in [-0.3, -0.25) is 4.79 Å². The fraction of sp³-hybridized carbons (Fsp3) is 0.706. The molecule has 0 fully saturated rings. The fourth-order valence-corrected chi connectivity index (χ4v) is 1.83. The quantitative estimate of drug-likeness (QED) is 0.479. The highest BCUT2D eigenvalue weighted by atomic mass is 16.1. The van der Waals surface area contributed by atoms with Crippen LogP contribution in [0.3, 0.4) is 0 Å². The van der Waals surface area contributed by atoms with Crippen molar-refractivity contribution in [1.29, 1.82) is 0 Å². The number of carbonyl (C=O) groups is 1. The zero-order valence-corrected chi connectivity index (χ0v) is 12.6. The van der Waals surface area contributed by atoms with E-state index in [9.17, 15) is 4.79 Å². The van der Waals surface area contributed by atoms with E-state index in [1.807, 2.05) is 0 Å². The molecule has 2 unspecified atom stereocenters. The average Bonchev–Trinajstić information content (AvgIpc) is 2.37. The van der Waals surface area contributed by atoms with Crippen molar-refractivity contribution in [3.05, 3.63) is 24.3 Å². The molecule has 0 rings (SSSR count). The number of Topliss-reactive ketones (excluding diaryl/α,β-unsaturated/α-hetero) is 1. The van der Waals surface area contributed by atoms with Crippen LogP contribution >= 0.6 is 0 Å². The van der Waals surface area contributed by atoms with Crippen LogP contribution in [-0.4, -0.2) is 5.78 Å². The molecule has 0 N–H and O–H groups in total. The van der Waals surface area contributed by atoms with Crippen molar-refractivity contribution in [1.82, 2.24) is 0 Å². The van der Waals surface area contributed by atoms with E-state index in [1.165, 1.54) is 0 Å². The van der Waals surface area contributed by atoms with Gasteiger partial charge in [0, 0.05) is 12.8 Å². The van der Waals surface area contributed by atoms with Gasteiger partial charge in [0.05, 0.1) is 0 Å². The number of carbonyl (C=O) groups excluding carboxylic acids is 1. The van der Waals surface area contributed by atoms with Crippen LogP contribution < -0.4 is 0 Å². The van der Waals surface area contributed by atoms with Gasteiger partial charge in [-0.1, -0.05) is 52.0 Å². The summed E-state index contributed by atoms with van der Waals surface area (Å²) in [6.45, 7) is 8.65. The summed E-state index contributed by atoms with van der Waals surface area (Å²) in [6.07, 6.45) is 14.4. The average molecular weight is 250 g/mol. The van der Waals surface area contributed by atoms with Gasteiger partial charge < -0.3 is 0 Å². The minimum atomic E-state index is 0.420. The third-order valence-corrected chi connectivity index (χ3v) is 3.16. The molecular formula is C17H30O. The van der Waals surface area contributed by atoms with E-state index in [0.717, 1.165) is 38.5 Å². The molecule has 1 nitrogen and oxygen atoms in total.